The Morgan fingerprint density at radius 2 is 1.91 bits per heavy atom. The summed E-state index contributed by atoms with van der Waals surface area (Å²) in [5.74, 6) is -0.319. The molecule has 0 saturated heterocycles. The van der Waals surface area contributed by atoms with Gasteiger partial charge in [-0.3, -0.25) is 9.10 Å². The molecule has 7 heteroatoms. The fraction of sp³-hybridized carbons (Fsp3) is 0.312. The van der Waals surface area contributed by atoms with Gasteiger partial charge in [0.25, 0.3) is 10.0 Å². The summed E-state index contributed by atoms with van der Waals surface area (Å²) in [6, 6.07) is 9.05. The Bertz CT molecular complexity index is 880. The molecule has 0 aromatic heterocycles. The molecule has 0 bridgehead atoms. The number of halogens is 1. The van der Waals surface area contributed by atoms with Gasteiger partial charge in [-0.25, -0.2) is 8.42 Å². The van der Waals surface area contributed by atoms with Gasteiger partial charge in [-0.2, -0.15) is 0 Å². The molecule has 0 aliphatic carbocycles. The summed E-state index contributed by atoms with van der Waals surface area (Å²) in [7, 11) is -3.50. The SMILES string of the molecule is NC(=O)CCCCCN1c2ccc(Br)c3cccc(c23)S1(=O)=O. The number of unbranched alkanes of at least 4 members (excludes halogenated alkanes) is 2. The summed E-state index contributed by atoms with van der Waals surface area (Å²) in [4.78, 5) is 11.1. The van der Waals surface area contributed by atoms with E-state index in [1.54, 1.807) is 12.1 Å². The summed E-state index contributed by atoms with van der Waals surface area (Å²) < 4.78 is 27.9. The standard InChI is InChI=1S/C16H17BrN2O3S/c17-12-8-9-13-16-11(12)5-4-6-14(16)23(21,22)19(13)10-3-1-2-7-15(18)20/h4-6,8-9H,1-3,7,10H2,(H2,18,20). The summed E-state index contributed by atoms with van der Waals surface area (Å²) in [6.45, 7) is 0.409. The molecule has 2 aromatic rings. The van der Waals surface area contributed by atoms with E-state index >= 15 is 0 Å². The minimum Gasteiger partial charge on any atom is -0.370 e. The van der Waals surface area contributed by atoms with Crippen LogP contribution in [-0.2, 0) is 14.8 Å². The molecule has 122 valence electrons. The van der Waals surface area contributed by atoms with Crippen molar-refractivity contribution >= 4 is 48.3 Å². The third kappa shape index (κ3) is 2.83. The minimum absolute atomic E-state index is 0.319. The van der Waals surface area contributed by atoms with Crippen LogP contribution < -0.4 is 10.0 Å². The highest BCUT2D eigenvalue weighted by atomic mass is 79.9. The van der Waals surface area contributed by atoms with Crippen molar-refractivity contribution in [2.75, 3.05) is 10.8 Å². The molecule has 1 aliphatic rings. The van der Waals surface area contributed by atoms with Gasteiger partial charge in [-0.1, -0.05) is 34.5 Å². The highest BCUT2D eigenvalue weighted by Crippen LogP contribution is 2.44. The normalized spacial score (nSPS) is 15.3. The third-order valence-corrected chi connectivity index (χ3v) is 6.60. The Balaban J connectivity index is 1.87. The smallest absolute Gasteiger partial charge is 0.265 e. The van der Waals surface area contributed by atoms with Gasteiger partial charge in [0, 0.05) is 22.8 Å². The van der Waals surface area contributed by atoms with E-state index in [4.69, 9.17) is 5.73 Å². The first-order chi connectivity index (χ1) is 10.9. The molecular weight excluding hydrogens is 380 g/mol. The number of carbonyl (C=O) groups excluding carboxylic acids is 1. The second-order valence-corrected chi connectivity index (χ2v) is 8.28. The van der Waals surface area contributed by atoms with Crippen molar-refractivity contribution in [3.8, 4) is 0 Å². The summed E-state index contributed by atoms with van der Waals surface area (Å²) in [5.41, 5.74) is 5.84. The number of sulfonamides is 1. The van der Waals surface area contributed by atoms with E-state index in [2.05, 4.69) is 15.9 Å². The van der Waals surface area contributed by atoms with E-state index in [-0.39, 0.29) is 5.91 Å². The van der Waals surface area contributed by atoms with Crippen LogP contribution in [0.4, 0.5) is 5.69 Å². The topological polar surface area (TPSA) is 80.5 Å². The predicted molar refractivity (Wildman–Crippen MR) is 93.8 cm³/mol. The Morgan fingerprint density at radius 3 is 2.65 bits per heavy atom. The molecule has 0 fully saturated rings. The Labute approximate surface area is 143 Å². The van der Waals surface area contributed by atoms with Crippen molar-refractivity contribution in [3.05, 3.63) is 34.8 Å². The molecule has 1 heterocycles. The number of nitrogens with zero attached hydrogens (tertiary/aromatic N) is 1. The summed E-state index contributed by atoms with van der Waals surface area (Å²) in [5, 5.41) is 1.68. The quantitative estimate of drug-likeness (QED) is 0.761. The van der Waals surface area contributed by atoms with Crippen LogP contribution in [-0.4, -0.2) is 20.9 Å². The van der Waals surface area contributed by atoms with Gasteiger partial charge in [0.1, 0.15) is 0 Å². The summed E-state index contributed by atoms with van der Waals surface area (Å²) in [6.07, 6.45) is 2.49. The van der Waals surface area contributed by atoms with E-state index in [9.17, 15) is 13.2 Å². The largest absolute Gasteiger partial charge is 0.370 e. The minimum atomic E-state index is -3.50. The van der Waals surface area contributed by atoms with Crippen LogP contribution in [0.5, 0.6) is 0 Å². The molecule has 0 spiro atoms. The lowest BCUT2D eigenvalue weighted by molar-refractivity contribution is -0.118. The maximum absolute atomic E-state index is 12.8. The van der Waals surface area contributed by atoms with Crippen LogP contribution in [0.25, 0.3) is 10.8 Å². The molecular formula is C16H17BrN2O3S. The number of hydrogen-bond donors (Lipinski definition) is 1. The molecule has 2 N–H and O–H groups in total. The second-order valence-electron chi connectivity index (χ2n) is 5.60. The highest BCUT2D eigenvalue weighted by molar-refractivity contribution is 9.10. The zero-order valence-electron chi connectivity index (χ0n) is 12.5. The first-order valence-electron chi connectivity index (χ1n) is 7.45. The average molecular weight is 397 g/mol. The Hall–Kier alpha value is -1.60. The zero-order valence-corrected chi connectivity index (χ0v) is 14.9. The molecule has 0 saturated carbocycles. The third-order valence-electron chi connectivity index (χ3n) is 4.05. The predicted octanol–water partition coefficient (Wildman–Crippen LogP) is 3.16. The number of primary amides is 1. The fourth-order valence-electron chi connectivity index (χ4n) is 2.96. The molecule has 0 unspecified atom stereocenters. The van der Waals surface area contributed by atoms with Gasteiger partial charge in [0.15, 0.2) is 0 Å². The number of nitrogens with two attached hydrogens (primary N) is 1. The van der Waals surface area contributed by atoms with Crippen molar-refractivity contribution in [3.63, 3.8) is 0 Å². The van der Waals surface area contributed by atoms with E-state index in [0.717, 1.165) is 27.4 Å². The molecule has 1 amide bonds. The van der Waals surface area contributed by atoms with Crippen LogP contribution in [0.1, 0.15) is 25.7 Å². The molecule has 3 rings (SSSR count). The van der Waals surface area contributed by atoms with Crippen LogP contribution in [0.3, 0.4) is 0 Å². The molecule has 5 nitrogen and oxygen atoms in total. The van der Waals surface area contributed by atoms with E-state index in [0.29, 0.717) is 30.7 Å². The monoisotopic (exact) mass is 396 g/mol. The van der Waals surface area contributed by atoms with Crippen molar-refractivity contribution in [1.29, 1.82) is 0 Å². The Morgan fingerprint density at radius 1 is 1.13 bits per heavy atom. The van der Waals surface area contributed by atoms with E-state index in [1.165, 1.54) is 4.31 Å². The van der Waals surface area contributed by atoms with Crippen LogP contribution in [0, 0.1) is 0 Å². The molecule has 0 atom stereocenters. The van der Waals surface area contributed by atoms with Crippen molar-refractivity contribution < 1.29 is 13.2 Å². The van der Waals surface area contributed by atoms with Gasteiger partial charge < -0.3 is 5.73 Å². The van der Waals surface area contributed by atoms with Gasteiger partial charge in [0.05, 0.1) is 10.6 Å². The maximum atomic E-state index is 12.8. The van der Waals surface area contributed by atoms with Gasteiger partial charge in [-0.15, -0.1) is 0 Å². The lowest BCUT2D eigenvalue weighted by Crippen LogP contribution is -2.28. The fourth-order valence-corrected chi connectivity index (χ4v) is 5.17. The van der Waals surface area contributed by atoms with Gasteiger partial charge in [-0.05, 0) is 36.4 Å². The summed E-state index contributed by atoms with van der Waals surface area (Å²) >= 11 is 3.48. The van der Waals surface area contributed by atoms with E-state index in [1.807, 2.05) is 18.2 Å². The number of hydrogen-bond acceptors (Lipinski definition) is 3. The molecule has 0 radical (unpaired) electrons. The maximum Gasteiger partial charge on any atom is 0.265 e. The first-order valence-corrected chi connectivity index (χ1v) is 9.68. The lowest BCUT2D eigenvalue weighted by Gasteiger charge is -2.18. The number of anilines is 1. The average Bonchev–Trinajstić information content (AvgIpc) is 2.72. The molecule has 1 aliphatic heterocycles. The van der Waals surface area contributed by atoms with Crippen molar-refractivity contribution in [2.45, 2.75) is 30.6 Å². The van der Waals surface area contributed by atoms with Crippen molar-refractivity contribution in [1.82, 2.24) is 0 Å². The van der Waals surface area contributed by atoms with Gasteiger partial charge in [0.2, 0.25) is 5.91 Å². The Kier molecular flexibility index (Phi) is 4.33. The highest BCUT2D eigenvalue weighted by Gasteiger charge is 2.35. The molecule has 23 heavy (non-hydrogen) atoms. The second kappa shape index (κ2) is 6.13. The lowest BCUT2D eigenvalue weighted by atomic mass is 10.1. The number of rotatable bonds is 6. The number of carbonyl (C=O) groups is 1. The first kappa shape index (κ1) is 16.3. The van der Waals surface area contributed by atoms with Crippen molar-refractivity contribution in [2.24, 2.45) is 5.73 Å². The number of amides is 1. The zero-order chi connectivity index (χ0) is 16.6. The number of benzene rings is 2. The van der Waals surface area contributed by atoms with Crippen LogP contribution >= 0.6 is 15.9 Å². The van der Waals surface area contributed by atoms with Crippen LogP contribution in [0.15, 0.2) is 39.7 Å². The molecule has 2 aromatic carbocycles. The van der Waals surface area contributed by atoms with Gasteiger partial charge >= 0.3 is 0 Å². The van der Waals surface area contributed by atoms with E-state index < -0.39 is 10.0 Å². The van der Waals surface area contributed by atoms with Crippen LogP contribution in [0.2, 0.25) is 0 Å².